The maximum atomic E-state index is 12.5. The molecule has 8 heteroatoms. The zero-order valence-corrected chi connectivity index (χ0v) is 16.3. The number of ether oxygens (including phenoxy) is 1. The highest BCUT2D eigenvalue weighted by Crippen LogP contribution is 2.29. The Balaban J connectivity index is 1.73. The number of aryl methyl sites for hydroxylation is 2. The summed E-state index contributed by atoms with van der Waals surface area (Å²) in [5.74, 6) is -2.16. The monoisotopic (exact) mass is 397 g/mol. The van der Waals surface area contributed by atoms with Crippen LogP contribution in [0.2, 0.25) is 0 Å². The molecule has 6 nitrogen and oxygen atoms in total. The lowest BCUT2D eigenvalue weighted by atomic mass is 10.1. The third kappa shape index (κ3) is 4.27. The number of Topliss-reactive ketones (excluding diaryl/α,β-unsaturated/α-hetero) is 1. The van der Waals surface area contributed by atoms with Crippen molar-refractivity contribution in [3.05, 3.63) is 56.3 Å². The van der Waals surface area contributed by atoms with E-state index in [2.05, 4.69) is 9.97 Å². The lowest BCUT2D eigenvalue weighted by molar-refractivity contribution is -0.122. The predicted molar refractivity (Wildman–Crippen MR) is 103 cm³/mol. The highest BCUT2D eigenvalue weighted by atomic mass is 32.1. The van der Waals surface area contributed by atoms with E-state index in [-0.39, 0.29) is 0 Å². The molecular formula is C19H15N3O3S2. The third-order valence-electron chi connectivity index (χ3n) is 3.65. The van der Waals surface area contributed by atoms with Gasteiger partial charge in [0, 0.05) is 16.6 Å². The molecular weight excluding hydrogens is 382 g/mol. The summed E-state index contributed by atoms with van der Waals surface area (Å²) in [6.45, 7) is 3.10. The summed E-state index contributed by atoms with van der Waals surface area (Å²) < 4.78 is 5.18. The maximum absolute atomic E-state index is 12.5. The van der Waals surface area contributed by atoms with Crippen molar-refractivity contribution < 1.29 is 14.3 Å². The first-order chi connectivity index (χ1) is 13.0. The Hall–Kier alpha value is -2.89. The minimum absolute atomic E-state index is 0.338. The van der Waals surface area contributed by atoms with Gasteiger partial charge in [-0.2, -0.15) is 5.26 Å². The molecule has 0 radical (unpaired) electrons. The van der Waals surface area contributed by atoms with Gasteiger partial charge >= 0.3 is 5.97 Å². The Labute approximate surface area is 164 Å². The molecule has 0 saturated heterocycles. The second-order valence-corrected chi connectivity index (χ2v) is 7.80. The van der Waals surface area contributed by atoms with E-state index < -0.39 is 24.3 Å². The van der Waals surface area contributed by atoms with Gasteiger partial charge in [-0.15, -0.1) is 22.7 Å². The van der Waals surface area contributed by atoms with Crippen LogP contribution in [-0.2, 0) is 9.53 Å². The van der Waals surface area contributed by atoms with Crippen LogP contribution in [0, 0.1) is 25.2 Å². The molecule has 0 unspecified atom stereocenters. The van der Waals surface area contributed by atoms with Crippen molar-refractivity contribution in [3.8, 4) is 17.3 Å². The fourth-order valence-corrected chi connectivity index (χ4v) is 4.11. The Kier molecular flexibility index (Phi) is 5.74. The average molecular weight is 397 g/mol. The molecule has 3 rings (SSSR count). The Bertz CT molecular complexity index is 1020. The van der Waals surface area contributed by atoms with Gasteiger partial charge in [0.05, 0.1) is 16.8 Å². The van der Waals surface area contributed by atoms with E-state index in [9.17, 15) is 14.9 Å². The molecule has 0 N–H and O–H groups in total. The smallest absolute Gasteiger partial charge is 0.351 e. The van der Waals surface area contributed by atoms with E-state index >= 15 is 0 Å². The molecule has 0 saturated carbocycles. The van der Waals surface area contributed by atoms with E-state index in [1.165, 1.54) is 22.7 Å². The van der Waals surface area contributed by atoms with E-state index in [1.54, 1.807) is 19.2 Å². The van der Waals surface area contributed by atoms with Crippen molar-refractivity contribution in [2.45, 2.75) is 19.8 Å². The lowest BCUT2D eigenvalue weighted by Gasteiger charge is -2.07. The van der Waals surface area contributed by atoms with Crippen LogP contribution in [-0.4, -0.2) is 28.3 Å². The van der Waals surface area contributed by atoms with Gasteiger partial charge in [0.15, 0.2) is 18.3 Å². The molecule has 1 aromatic carbocycles. The van der Waals surface area contributed by atoms with Crippen LogP contribution in [0.4, 0.5) is 0 Å². The van der Waals surface area contributed by atoms with Gasteiger partial charge in [0.1, 0.15) is 9.88 Å². The van der Waals surface area contributed by atoms with Gasteiger partial charge in [0.2, 0.25) is 0 Å². The fraction of sp³-hybridized carbons (Fsp3) is 0.211. The Morgan fingerprint density at radius 2 is 1.96 bits per heavy atom. The highest BCUT2D eigenvalue weighted by Gasteiger charge is 2.26. The highest BCUT2D eigenvalue weighted by molar-refractivity contribution is 7.14. The summed E-state index contributed by atoms with van der Waals surface area (Å²) in [5, 5.41) is 12.2. The molecule has 0 aliphatic rings. The van der Waals surface area contributed by atoms with Crippen molar-refractivity contribution in [1.29, 1.82) is 5.26 Å². The summed E-state index contributed by atoms with van der Waals surface area (Å²) in [5.41, 5.74) is 2.07. The zero-order valence-electron chi connectivity index (χ0n) is 14.6. The molecule has 27 heavy (non-hydrogen) atoms. The van der Waals surface area contributed by atoms with E-state index in [1.807, 2.05) is 36.4 Å². The first kappa shape index (κ1) is 18.9. The molecule has 0 bridgehead atoms. The number of ketones is 1. The minimum Gasteiger partial charge on any atom is -0.453 e. The molecule has 136 valence electrons. The largest absolute Gasteiger partial charge is 0.453 e. The summed E-state index contributed by atoms with van der Waals surface area (Å²) in [4.78, 5) is 33.8. The number of carbonyl (C=O) groups excluding carboxylic acids is 2. The molecule has 3 aromatic rings. The number of nitriles is 1. The number of benzene rings is 1. The number of thiazole rings is 2. The molecule has 0 amide bonds. The van der Waals surface area contributed by atoms with Gasteiger partial charge in [-0.1, -0.05) is 30.3 Å². The normalized spacial score (nSPS) is 11.6. The molecule has 1 atom stereocenters. The number of nitrogens with zero attached hydrogens (tertiary/aromatic N) is 3. The van der Waals surface area contributed by atoms with Crippen LogP contribution in [0.15, 0.2) is 35.7 Å². The van der Waals surface area contributed by atoms with Crippen LogP contribution in [0.25, 0.3) is 11.3 Å². The topological polar surface area (TPSA) is 92.9 Å². The molecule has 0 spiro atoms. The van der Waals surface area contributed by atoms with Crippen LogP contribution in [0.3, 0.4) is 0 Å². The average Bonchev–Trinajstić information content (AvgIpc) is 3.27. The van der Waals surface area contributed by atoms with Crippen LogP contribution >= 0.6 is 22.7 Å². The summed E-state index contributed by atoms with van der Waals surface area (Å²) in [7, 11) is 0. The number of carbonyl (C=O) groups is 2. The number of hydrogen-bond donors (Lipinski definition) is 0. The number of hydrogen-bond acceptors (Lipinski definition) is 8. The second kappa shape index (κ2) is 8.20. The molecule has 0 aliphatic carbocycles. The van der Waals surface area contributed by atoms with E-state index in [0.717, 1.165) is 16.3 Å². The molecule has 0 fully saturated rings. The predicted octanol–water partition coefficient (Wildman–Crippen LogP) is 3.92. The number of rotatable bonds is 6. The standard InChI is InChI=1S/C19H15N3O3S2/c1-11-10-26-18(21-11)14(8-20)15(23)9-25-19(24)17-16(22-12(2)27-17)13-6-4-3-5-7-13/h3-7,10,14H,9H2,1-2H3/t14-/m0/s1. The van der Waals surface area contributed by atoms with Gasteiger partial charge in [0.25, 0.3) is 0 Å². The maximum Gasteiger partial charge on any atom is 0.351 e. The first-order valence-corrected chi connectivity index (χ1v) is 9.73. The third-order valence-corrected chi connectivity index (χ3v) is 5.63. The van der Waals surface area contributed by atoms with Crippen LogP contribution in [0.5, 0.6) is 0 Å². The van der Waals surface area contributed by atoms with Crippen LogP contribution < -0.4 is 0 Å². The second-order valence-electron chi connectivity index (χ2n) is 5.71. The minimum atomic E-state index is -1.03. The number of aromatic nitrogens is 2. The molecule has 2 heterocycles. The quantitative estimate of drug-likeness (QED) is 0.585. The van der Waals surface area contributed by atoms with E-state index in [4.69, 9.17) is 4.74 Å². The Morgan fingerprint density at radius 1 is 1.22 bits per heavy atom. The summed E-state index contributed by atoms with van der Waals surface area (Å²) in [6.07, 6.45) is 0. The fourth-order valence-electron chi connectivity index (χ4n) is 2.41. The summed E-state index contributed by atoms with van der Waals surface area (Å²) >= 11 is 2.45. The lowest BCUT2D eigenvalue weighted by Crippen LogP contribution is -2.19. The molecule has 0 aliphatic heterocycles. The van der Waals surface area contributed by atoms with Crippen molar-refractivity contribution in [2.24, 2.45) is 0 Å². The van der Waals surface area contributed by atoms with Gasteiger partial charge in [-0.25, -0.2) is 14.8 Å². The van der Waals surface area contributed by atoms with Crippen LogP contribution in [0.1, 0.15) is 31.3 Å². The van der Waals surface area contributed by atoms with Gasteiger partial charge in [-0.05, 0) is 13.8 Å². The van der Waals surface area contributed by atoms with Crippen molar-refractivity contribution in [1.82, 2.24) is 9.97 Å². The number of esters is 1. The van der Waals surface area contributed by atoms with Gasteiger partial charge in [-0.3, -0.25) is 4.79 Å². The van der Waals surface area contributed by atoms with Crippen molar-refractivity contribution >= 4 is 34.4 Å². The Morgan fingerprint density at radius 3 is 2.59 bits per heavy atom. The van der Waals surface area contributed by atoms with Gasteiger partial charge < -0.3 is 4.74 Å². The van der Waals surface area contributed by atoms with Crippen molar-refractivity contribution in [3.63, 3.8) is 0 Å². The summed E-state index contributed by atoms with van der Waals surface area (Å²) in [6, 6.07) is 11.2. The zero-order chi connectivity index (χ0) is 19.4. The van der Waals surface area contributed by atoms with Crippen molar-refractivity contribution in [2.75, 3.05) is 6.61 Å². The SMILES string of the molecule is Cc1csc([C@@H](C#N)C(=O)COC(=O)c2sc(C)nc2-c2ccccc2)n1. The molecule has 2 aromatic heterocycles. The van der Waals surface area contributed by atoms with E-state index in [0.29, 0.717) is 15.6 Å². The first-order valence-electron chi connectivity index (χ1n) is 8.04.